The van der Waals surface area contributed by atoms with Crippen LogP contribution in [0.2, 0.25) is 5.02 Å². The minimum Gasteiger partial charge on any atom is -0.382 e. The fourth-order valence-corrected chi connectivity index (χ4v) is 1.31. The Balaban J connectivity index is 3.29. The van der Waals surface area contributed by atoms with Crippen LogP contribution in [0.15, 0.2) is 12.1 Å². The monoisotopic (exact) mass is 230 g/mol. The first-order valence-corrected chi connectivity index (χ1v) is 4.84. The van der Waals surface area contributed by atoms with E-state index in [9.17, 15) is 14.3 Å². The van der Waals surface area contributed by atoms with Crippen LogP contribution in [0.1, 0.15) is 29.8 Å². The van der Waals surface area contributed by atoms with E-state index in [0.717, 1.165) is 0 Å². The Bertz CT molecular complexity index is 408. The highest BCUT2D eigenvalue weighted by molar-refractivity contribution is 6.31. The minimum atomic E-state index is -1.58. The Kier molecular flexibility index (Phi) is 3.16. The minimum absolute atomic E-state index is 0.135. The molecule has 4 heteroatoms. The van der Waals surface area contributed by atoms with Crippen molar-refractivity contribution < 1.29 is 14.3 Å². The summed E-state index contributed by atoms with van der Waals surface area (Å²) < 4.78 is 13.6. The van der Waals surface area contributed by atoms with Crippen molar-refractivity contribution in [3.05, 3.63) is 34.1 Å². The molecular formula is C11H12ClFO2. The fraction of sp³-hybridized carbons (Fsp3) is 0.364. The van der Waals surface area contributed by atoms with Crippen molar-refractivity contribution in [2.75, 3.05) is 0 Å². The third-order valence-electron chi connectivity index (χ3n) is 2.12. The lowest BCUT2D eigenvalue weighted by Gasteiger charge is -2.16. The van der Waals surface area contributed by atoms with E-state index < -0.39 is 17.2 Å². The number of ketones is 1. The van der Waals surface area contributed by atoms with Gasteiger partial charge in [0.25, 0.3) is 0 Å². The molecule has 0 unspecified atom stereocenters. The van der Waals surface area contributed by atoms with Crippen LogP contribution >= 0.6 is 11.6 Å². The van der Waals surface area contributed by atoms with Gasteiger partial charge in [0.05, 0.1) is 5.56 Å². The zero-order valence-corrected chi connectivity index (χ0v) is 9.52. The molecule has 0 aliphatic heterocycles. The maximum atomic E-state index is 13.6. The van der Waals surface area contributed by atoms with E-state index in [0.29, 0.717) is 0 Å². The SMILES string of the molecule is Cc1c(Cl)ccc(C(=O)C(C)(C)O)c1F. The summed E-state index contributed by atoms with van der Waals surface area (Å²) in [6.45, 7) is 4.12. The molecule has 1 aromatic rings. The molecule has 0 aliphatic carbocycles. The summed E-state index contributed by atoms with van der Waals surface area (Å²) in [5.41, 5.74) is -1.50. The third kappa shape index (κ3) is 2.36. The van der Waals surface area contributed by atoms with E-state index in [-0.39, 0.29) is 16.1 Å². The van der Waals surface area contributed by atoms with Gasteiger partial charge in [-0.3, -0.25) is 4.79 Å². The number of carbonyl (C=O) groups excluding carboxylic acids is 1. The Morgan fingerprint density at radius 3 is 2.47 bits per heavy atom. The van der Waals surface area contributed by atoms with Gasteiger partial charge in [-0.1, -0.05) is 11.6 Å². The highest BCUT2D eigenvalue weighted by Gasteiger charge is 2.28. The number of rotatable bonds is 2. The Morgan fingerprint density at radius 2 is 2.00 bits per heavy atom. The molecule has 1 aromatic carbocycles. The largest absolute Gasteiger partial charge is 0.382 e. The van der Waals surface area contributed by atoms with Crippen LogP contribution in [-0.4, -0.2) is 16.5 Å². The molecule has 15 heavy (non-hydrogen) atoms. The second kappa shape index (κ2) is 3.91. The van der Waals surface area contributed by atoms with Crippen molar-refractivity contribution in [3.63, 3.8) is 0 Å². The number of aliphatic hydroxyl groups is 1. The van der Waals surface area contributed by atoms with Gasteiger partial charge in [0.1, 0.15) is 11.4 Å². The Morgan fingerprint density at radius 1 is 1.47 bits per heavy atom. The topological polar surface area (TPSA) is 37.3 Å². The number of carbonyl (C=O) groups is 1. The highest BCUT2D eigenvalue weighted by atomic mass is 35.5. The van der Waals surface area contributed by atoms with Crippen molar-refractivity contribution in [1.29, 1.82) is 0 Å². The van der Waals surface area contributed by atoms with Crippen molar-refractivity contribution in [2.24, 2.45) is 0 Å². The molecule has 0 amide bonds. The molecule has 0 aromatic heterocycles. The number of hydrogen-bond donors (Lipinski definition) is 1. The third-order valence-corrected chi connectivity index (χ3v) is 2.53. The molecule has 0 atom stereocenters. The lowest BCUT2D eigenvalue weighted by atomic mass is 9.95. The van der Waals surface area contributed by atoms with E-state index in [1.165, 1.54) is 32.9 Å². The molecule has 0 spiro atoms. The van der Waals surface area contributed by atoms with Crippen molar-refractivity contribution in [2.45, 2.75) is 26.4 Å². The van der Waals surface area contributed by atoms with Crippen LogP contribution in [0.5, 0.6) is 0 Å². The smallest absolute Gasteiger partial charge is 0.196 e. The quantitative estimate of drug-likeness (QED) is 0.794. The zero-order valence-electron chi connectivity index (χ0n) is 8.77. The molecule has 2 nitrogen and oxygen atoms in total. The standard InChI is InChI=1S/C11H12ClFO2/c1-6-8(12)5-4-7(9(6)13)10(14)11(2,3)15/h4-5,15H,1-3H3. The van der Waals surface area contributed by atoms with Gasteiger partial charge in [0.15, 0.2) is 5.78 Å². The van der Waals surface area contributed by atoms with Gasteiger partial charge in [0, 0.05) is 10.6 Å². The zero-order chi connectivity index (χ0) is 11.8. The lowest BCUT2D eigenvalue weighted by Crippen LogP contribution is -2.32. The molecule has 0 radical (unpaired) electrons. The molecule has 82 valence electrons. The summed E-state index contributed by atoms with van der Waals surface area (Å²) in [6, 6.07) is 2.73. The van der Waals surface area contributed by atoms with Crippen LogP contribution in [0.4, 0.5) is 4.39 Å². The van der Waals surface area contributed by atoms with E-state index in [1.54, 1.807) is 0 Å². The average molecular weight is 231 g/mol. The molecule has 0 fully saturated rings. The predicted octanol–water partition coefficient (Wildman–Crippen LogP) is 2.74. The van der Waals surface area contributed by atoms with Crippen LogP contribution in [0.3, 0.4) is 0 Å². The summed E-state index contributed by atoms with van der Waals surface area (Å²) in [4.78, 5) is 11.6. The van der Waals surface area contributed by atoms with Gasteiger partial charge in [-0.15, -0.1) is 0 Å². The average Bonchev–Trinajstić information content (AvgIpc) is 2.12. The first-order valence-electron chi connectivity index (χ1n) is 4.47. The van der Waals surface area contributed by atoms with Crippen LogP contribution in [0, 0.1) is 12.7 Å². The molecule has 0 bridgehead atoms. The van der Waals surface area contributed by atoms with E-state index in [1.807, 2.05) is 0 Å². The van der Waals surface area contributed by atoms with Crippen molar-refractivity contribution in [1.82, 2.24) is 0 Å². The molecule has 0 saturated heterocycles. The molecule has 0 heterocycles. The normalized spacial score (nSPS) is 11.6. The summed E-state index contributed by atoms with van der Waals surface area (Å²) >= 11 is 5.69. The summed E-state index contributed by atoms with van der Waals surface area (Å²) in [5.74, 6) is -1.32. The molecule has 1 rings (SSSR count). The second-order valence-corrected chi connectivity index (χ2v) is 4.33. The van der Waals surface area contributed by atoms with E-state index in [4.69, 9.17) is 11.6 Å². The number of hydrogen-bond acceptors (Lipinski definition) is 2. The van der Waals surface area contributed by atoms with Crippen molar-refractivity contribution in [3.8, 4) is 0 Å². The Hall–Kier alpha value is -0.930. The van der Waals surface area contributed by atoms with Gasteiger partial charge in [-0.2, -0.15) is 0 Å². The molecular weight excluding hydrogens is 219 g/mol. The summed E-state index contributed by atoms with van der Waals surface area (Å²) in [5, 5.41) is 9.74. The van der Waals surface area contributed by atoms with Crippen LogP contribution in [0.25, 0.3) is 0 Å². The summed E-state index contributed by atoms with van der Waals surface area (Å²) in [6.07, 6.45) is 0. The predicted molar refractivity (Wildman–Crippen MR) is 56.8 cm³/mol. The van der Waals surface area contributed by atoms with Gasteiger partial charge in [-0.05, 0) is 32.9 Å². The van der Waals surface area contributed by atoms with Crippen molar-refractivity contribution >= 4 is 17.4 Å². The van der Waals surface area contributed by atoms with E-state index >= 15 is 0 Å². The molecule has 0 aliphatic rings. The van der Waals surface area contributed by atoms with Gasteiger partial charge in [0.2, 0.25) is 0 Å². The number of halogens is 2. The van der Waals surface area contributed by atoms with Crippen LogP contribution < -0.4 is 0 Å². The maximum absolute atomic E-state index is 13.6. The second-order valence-electron chi connectivity index (χ2n) is 3.92. The number of Topliss-reactive ketones (excluding diaryl/α,β-unsaturated/α-hetero) is 1. The first-order chi connectivity index (χ1) is 6.75. The van der Waals surface area contributed by atoms with Crippen LogP contribution in [-0.2, 0) is 0 Å². The molecule has 1 N–H and O–H groups in total. The lowest BCUT2D eigenvalue weighted by molar-refractivity contribution is 0.0483. The maximum Gasteiger partial charge on any atom is 0.196 e. The van der Waals surface area contributed by atoms with E-state index in [2.05, 4.69) is 0 Å². The first kappa shape index (κ1) is 12.1. The molecule has 0 saturated carbocycles. The Labute approximate surface area is 92.7 Å². The highest BCUT2D eigenvalue weighted by Crippen LogP contribution is 2.24. The van der Waals surface area contributed by atoms with Gasteiger partial charge in [-0.25, -0.2) is 4.39 Å². The number of benzene rings is 1. The van der Waals surface area contributed by atoms with Gasteiger partial charge < -0.3 is 5.11 Å². The fourth-order valence-electron chi connectivity index (χ4n) is 1.17. The summed E-state index contributed by atoms with van der Waals surface area (Å²) in [7, 11) is 0. The van der Waals surface area contributed by atoms with Gasteiger partial charge >= 0.3 is 0 Å².